The molecule has 0 saturated heterocycles. The van der Waals surface area contributed by atoms with E-state index in [0.29, 0.717) is 6.42 Å². The molecule has 0 spiro atoms. The van der Waals surface area contributed by atoms with E-state index in [9.17, 15) is 9.59 Å². The number of ether oxygens (including phenoxy) is 1. The summed E-state index contributed by atoms with van der Waals surface area (Å²) in [5, 5.41) is 2.22. The number of hydrogen-bond donors (Lipinski definition) is 0. The zero-order valence-electron chi connectivity index (χ0n) is 13.4. The van der Waals surface area contributed by atoms with E-state index in [1.165, 1.54) is 0 Å². The van der Waals surface area contributed by atoms with Crippen LogP contribution in [0.5, 0.6) is 0 Å². The van der Waals surface area contributed by atoms with Gasteiger partial charge in [-0.1, -0.05) is 42.5 Å². The topological polar surface area (TPSA) is 43.4 Å². The molecular weight excluding hydrogens is 276 g/mol. The normalized spacial score (nSPS) is 11.4. The molecule has 0 aliphatic rings. The van der Waals surface area contributed by atoms with Gasteiger partial charge in [-0.25, -0.2) is 0 Å². The molecule has 0 atom stereocenters. The van der Waals surface area contributed by atoms with E-state index in [1.54, 1.807) is 0 Å². The number of esters is 1. The summed E-state index contributed by atoms with van der Waals surface area (Å²) in [5.41, 5.74) is 0.503. The van der Waals surface area contributed by atoms with Crippen molar-refractivity contribution in [1.82, 2.24) is 0 Å². The third-order valence-corrected chi connectivity index (χ3v) is 3.30. The van der Waals surface area contributed by atoms with Gasteiger partial charge in [0.15, 0.2) is 0 Å². The second-order valence-corrected chi connectivity index (χ2v) is 6.44. The fraction of sp³-hybridized carbons (Fsp3) is 0.368. The standard InChI is InChI=1S/C19H22O3/c1-19(2,3)22-18(21)12-11-16(20)13-15-9-6-8-14-7-4-5-10-17(14)15/h4-10H,11-13H2,1-3H3. The van der Waals surface area contributed by atoms with E-state index in [1.807, 2.05) is 63.2 Å². The monoisotopic (exact) mass is 298 g/mol. The molecule has 0 radical (unpaired) electrons. The Balaban J connectivity index is 1.96. The van der Waals surface area contributed by atoms with Crippen molar-refractivity contribution in [2.45, 2.75) is 45.6 Å². The Labute approximate surface area is 131 Å². The minimum atomic E-state index is -0.504. The van der Waals surface area contributed by atoms with Crippen LogP contribution in [0.1, 0.15) is 39.2 Å². The average molecular weight is 298 g/mol. The largest absolute Gasteiger partial charge is 0.460 e. The molecule has 0 bridgehead atoms. The Bertz CT molecular complexity index is 675. The lowest BCUT2D eigenvalue weighted by Gasteiger charge is -2.19. The number of rotatable bonds is 5. The van der Waals surface area contributed by atoms with Crippen LogP contribution >= 0.6 is 0 Å². The van der Waals surface area contributed by atoms with Crippen molar-refractivity contribution in [1.29, 1.82) is 0 Å². The summed E-state index contributed by atoms with van der Waals surface area (Å²) in [7, 11) is 0. The summed E-state index contributed by atoms with van der Waals surface area (Å²) < 4.78 is 5.22. The van der Waals surface area contributed by atoms with Gasteiger partial charge in [0.1, 0.15) is 11.4 Å². The highest BCUT2D eigenvalue weighted by Crippen LogP contribution is 2.19. The summed E-state index contributed by atoms with van der Waals surface area (Å²) in [5.74, 6) is -0.263. The van der Waals surface area contributed by atoms with Gasteiger partial charge < -0.3 is 4.74 Å². The van der Waals surface area contributed by atoms with Crippen LogP contribution in [0, 0.1) is 0 Å². The fourth-order valence-electron chi connectivity index (χ4n) is 2.38. The van der Waals surface area contributed by atoms with Crippen LogP contribution < -0.4 is 0 Å². The van der Waals surface area contributed by atoms with Crippen LogP contribution in [-0.4, -0.2) is 17.4 Å². The molecule has 0 aliphatic carbocycles. The Morgan fingerprint density at radius 1 is 0.955 bits per heavy atom. The van der Waals surface area contributed by atoms with Crippen LogP contribution in [0.4, 0.5) is 0 Å². The summed E-state index contributed by atoms with van der Waals surface area (Å²) in [6.45, 7) is 5.47. The molecule has 0 aromatic heterocycles. The van der Waals surface area contributed by atoms with E-state index < -0.39 is 5.60 Å². The van der Waals surface area contributed by atoms with Crippen molar-refractivity contribution in [3.63, 3.8) is 0 Å². The molecular formula is C19H22O3. The first kappa shape index (κ1) is 16.2. The van der Waals surface area contributed by atoms with Crippen LogP contribution in [-0.2, 0) is 20.7 Å². The van der Waals surface area contributed by atoms with Crippen molar-refractivity contribution < 1.29 is 14.3 Å². The second-order valence-electron chi connectivity index (χ2n) is 6.44. The fourth-order valence-corrected chi connectivity index (χ4v) is 2.38. The SMILES string of the molecule is CC(C)(C)OC(=O)CCC(=O)Cc1cccc2ccccc12. The average Bonchev–Trinajstić information content (AvgIpc) is 2.44. The van der Waals surface area contributed by atoms with Crippen molar-refractivity contribution in [3.05, 3.63) is 48.0 Å². The minimum Gasteiger partial charge on any atom is -0.460 e. The highest BCUT2D eigenvalue weighted by atomic mass is 16.6. The number of carbonyl (C=O) groups is 2. The van der Waals surface area contributed by atoms with Gasteiger partial charge in [-0.15, -0.1) is 0 Å². The number of Topliss-reactive ketones (excluding diaryl/α,β-unsaturated/α-hetero) is 1. The Morgan fingerprint density at radius 3 is 2.36 bits per heavy atom. The molecule has 0 saturated carbocycles. The number of hydrogen-bond acceptors (Lipinski definition) is 3. The number of carbonyl (C=O) groups excluding carboxylic acids is 2. The van der Waals surface area contributed by atoms with Crippen molar-refractivity contribution >= 4 is 22.5 Å². The molecule has 0 fully saturated rings. The van der Waals surface area contributed by atoms with Crippen LogP contribution in [0.25, 0.3) is 10.8 Å². The maximum absolute atomic E-state index is 12.1. The molecule has 0 unspecified atom stereocenters. The van der Waals surface area contributed by atoms with Gasteiger partial charge in [0, 0.05) is 12.8 Å². The summed E-state index contributed by atoms with van der Waals surface area (Å²) in [6, 6.07) is 14.0. The molecule has 2 rings (SSSR count). The van der Waals surface area contributed by atoms with E-state index in [4.69, 9.17) is 4.74 Å². The molecule has 0 amide bonds. The lowest BCUT2D eigenvalue weighted by Crippen LogP contribution is -2.24. The molecule has 2 aromatic rings. The number of benzene rings is 2. The Morgan fingerprint density at radius 2 is 1.64 bits per heavy atom. The predicted molar refractivity (Wildman–Crippen MR) is 87.7 cm³/mol. The van der Waals surface area contributed by atoms with E-state index in [2.05, 4.69) is 0 Å². The zero-order valence-corrected chi connectivity index (χ0v) is 13.4. The highest BCUT2D eigenvalue weighted by Gasteiger charge is 2.17. The maximum atomic E-state index is 12.1. The molecule has 0 aliphatic heterocycles. The van der Waals surface area contributed by atoms with Crippen molar-refractivity contribution in [2.24, 2.45) is 0 Å². The lowest BCUT2D eigenvalue weighted by atomic mass is 9.99. The summed E-state index contributed by atoms with van der Waals surface area (Å²) >= 11 is 0. The first-order valence-corrected chi connectivity index (χ1v) is 7.55. The van der Waals surface area contributed by atoms with Crippen LogP contribution in [0.2, 0.25) is 0 Å². The van der Waals surface area contributed by atoms with Crippen LogP contribution in [0.15, 0.2) is 42.5 Å². The molecule has 116 valence electrons. The molecule has 2 aromatic carbocycles. The van der Waals surface area contributed by atoms with Crippen molar-refractivity contribution in [2.75, 3.05) is 0 Å². The summed E-state index contributed by atoms with van der Waals surface area (Å²) in [4.78, 5) is 23.8. The predicted octanol–water partition coefficient (Wildman–Crippen LogP) is 4.07. The van der Waals surface area contributed by atoms with Gasteiger partial charge in [0.2, 0.25) is 0 Å². The third-order valence-electron chi connectivity index (χ3n) is 3.30. The van der Waals surface area contributed by atoms with E-state index in [-0.39, 0.29) is 24.6 Å². The first-order valence-electron chi connectivity index (χ1n) is 7.55. The summed E-state index contributed by atoms with van der Waals surface area (Å²) in [6.07, 6.45) is 0.711. The van der Waals surface area contributed by atoms with Gasteiger partial charge in [0.25, 0.3) is 0 Å². The first-order chi connectivity index (χ1) is 10.3. The second kappa shape index (κ2) is 6.73. The van der Waals surface area contributed by atoms with Crippen molar-refractivity contribution in [3.8, 4) is 0 Å². The molecule has 0 N–H and O–H groups in total. The van der Waals surface area contributed by atoms with E-state index >= 15 is 0 Å². The highest BCUT2D eigenvalue weighted by molar-refractivity contribution is 5.91. The molecule has 22 heavy (non-hydrogen) atoms. The molecule has 0 heterocycles. The Kier molecular flexibility index (Phi) is 4.96. The Hall–Kier alpha value is -2.16. The van der Waals surface area contributed by atoms with Gasteiger partial charge in [-0.05, 0) is 37.1 Å². The maximum Gasteiger partial charge on any atom is 0.306 e. The number of ketones is 1. The lowest BCUT2D eigenvalue weighted by molar-refractivity contribution is -0.155. The van der Waals surface area contributed by atoms with Crippen LogP contribution in [0.3, 0.4) is 0 Å². The molecule has 3 heteroatoms. The smallest absolute Gasteiger partial charge is 0.306 e. The van der Waals surface area contributed by atoms with Gasteiger partial charge in [-0.2, -0.15) is 0 Å². The minimum absolute atomic E-state index is 0.0576. The number of fused-ring (bicyclic) bond motifs is 1. The van der Waals surface area contributed by atoms with Gasteiger partial charge in [0.05, 0.1) is 6.42 Å². The zero-order chi connectivity index (χ0) is 16.2. The third kappa shape index (κ3) is 4.69. The molecule has 3 nitrogen and oxygen atoms in total. The van der Waals surface area contributed by atoms with E-state index in [0.717, 1.165) is 16.3 Å². The quantitative estimate of drug-likeness (QED) is 0.781. The van der Waals surface area contributed by atoms with Gasteiger partial charge in [-0.3, -0.25) is 9.59 Å². The van der Waals surface area contributed by atoms with Gasteiger partial charge >= 0.3 is 5.97 Å².